The molecule has 1 rings (SSSR count). The van der Waals surface area contributed by atoms with Crippen LogP contribution < -0.4 is 16.8 Å². The van der Waals surface area contributed by atoms with Crippen LogP contribution in [0.5, 0.6) is 0 Å². The molecule has 1 aliphatic rings. The van der Waals surface area contributed by atoms with Gasteiger partial charge < -0.3 is 16.8 Å². The maximum atomic E-state index is 12.1. The average Bonchev–Trinajstić information content (AvgIpc) is 2.35. The summed E-state index contributed by atoms with van der Waals surface area (Å²) in [5.74, 6) is 0.159. The first-order chi connectivity index (χ1) is 7.75. The molecule has 0 bridgehead atoms. The predicted molar refractivity (Wildman–Crippen MR) is 65.9 cm³/mol. The largest absolute Gasteiger partial charge is 0.356 e. The molecular weight excluding hydrogens is 202 g/mol. The van der Waals surface area contributed by atoms with Crippen molar-refractivity contribution >= 4 is 5.91 Å². The number of unbranched alkanes of at least 4 members (excludes halogenated alkanes) is 1. The third-order valence-corrected chi connectivity index (χ3v) is 3.60. The fraction of sp³-hybridized carbons (Fsp3) is 0.917. The highest BCUT2D eigenvalue weighted by Crippen LogP contribution is 2.35. The van der Waals surface area contributed by atoms with E-state index in [0.29, 0.717) is 13.1 Å². The average molecular weight is 227 g/mol. The highest BCUT2D eigenvalue weighted by atomic mass is 16.2. The molecule has 1 fully saturated rings. The first kappa shape index (κ1) is 13.5. The lowest BCUT2D eigenvalue weighted by Gasteiger charge is -2.34. The molecule has 94 valence electrons. The monoisotopic (exact) mass is 227 g/mol. The van der Waals surface area contributed by atoms with Gasteiger partial charge in [0, 0.05) is 13.1 Å². The van der Waals surface area contributed by atoms with Gasteiger partial charge in [-0.05, 0) is 32.2 Å². The predicted octanol–water partition coefficient (Wildman–Crippen LogP) is 0.751. The molecular formula is C12H25N3O. The van der Waals surface area contributed by atoms with Crippen LogP contribution >= 0.6 is 0 Å². The lowest BCUT2D eigenvalue weighted by molar-refractivity contribution is -0.132. The van der Waals surface area contributed by atoms with Crippen molar-refractivity contribution in [3.63, 3.8) is 0 Å². The summed E-state index contributed by atoms with van der Waals surface area (Å²) in [6, 6.07) is 0. The molecule has 0 unspecified atom stereocenters. The molecule has 1 aliphatic carbocycles. The van der Waals surface area contributed by atoms with Gasteiger partial charge in [-0.1, -0.05) is 19.3 Å². The molecule has 0 aromatic rings. The van der Waals surface area contributed by atoms with Crippen molar-refractivity contribution in [2.24, 2.45) is 16.9 Å². The van der Waals surface area contributed by atoms with Gasteiger partial charge in [0.15, 0.2) is 0 Å². The van der Waals surface area contributed by atoms with Crippen LogP contribution in [0.3, 0.4) is 0 Å². The van der Waals surface area contributed by atoms with Crippen LogP contribution in [-0.2, 0) is 4.79 Å². The van der Waals surface area contributed by atoms with Crippen molar-refractivity contribution in [3.05, 3.63) is 0 Å². The third kappa shape index (κ3) is 3.46. The highest BCUT2D eigenvalue weighted by molar-refractivity contribution is 5.82. The molecule has 4 nitrogen and oxygen atoms in total. The zero-order valence-corrected chi connectivity index (χ0v) is 10.1. The number of nitrogens with one attached hydrogen (secondary N) is 1. The van der Waals surface area contributed by atoms with Crippen LogP contribution in [-0.4, -0.2) is 25.5 Å². The molecule has 0 heterocycles. The molecule has 0 spiro atoms. The van der Waals surface area contributed by atoms with Crippen LogP contribution in [0.25, 0.3) is 0 Å². The molecule has 0 atom stereocenters. The van der Waals surface area contributed by atoms with E-state index in [4.69, 9.17) is 11.5 Å². The number of carbonyl (C=O) groups excluding carboxylic acids is 1. The summed E-state index contributed by atoms with van der Waals surface area (Å²) < 4.78 is 0. The molecule has 16 heavy (non-hydrogen) atoms. The smallest absolute Gasteiger partial charge is 0.227 e. The molecule has 0 aromatic heterocycles. The molecule has 0 aromatic carbocycles. The topological polar surface area (TPSA) is 81.1 Å². The Labute approximate surface area is 98.1 Å². The molecule has 1 saturated carbocycles. The standard InChI is InChI=1S/C12H25N3O/c13-8-4-5-9-15-11(16)12(10-14)6-2-1-3-7-12/h1-10,13-14H2,(H,15,16). The van der Waals surface area contributed by atoms with Gasteiger partial charge in [-0.2, -0.15) is 0 Å². The second kappa shape index (κ2) is 6.86. The van der Waals surface area contributed by atoms with E-state index in [-0.39, 0.29) is 11.3 Å². The Morgan fingerprint density at radius 2 is 1.81 bits per heavy atom. The minimum atomic E-state index is -0.277. The second-order valence-corrected chi connectivity index (χ2v) is 4.80. The Balaban J connectivity index is 2.36. The van der Waals surface area contributed by atoms with Crippen molar-refractivity contribution in [2.75, 3.05) is 19.6 Å². The first-order valence-electron chi connectivity index (χ1n) is 6.43. The fourth-order valence-electron chi connectivity index (χ4n) is 2.41. The maximum absolute atomic E-state index is 12.1. The van der Waals surface area contributed by atoms with Gasteiger partial charge in [0.25, 0.3) is 0 Å². The number of hydrogen-bond donors (Lipinski definition) is 3. The van der Waals surface area contributed by atoms with E-state index in [1.165, 1.54) is 6.42 Å². The minimum absolute atomic E-state index is 0.159. The van der Waals surface area contributed by atoms with Crippen molar-refractivity contribution < 1.29 is 4.79 Å². The normalized spacial score (nSPS) is 19.4. The highest BCUT2D eigenvalue weighted by Gasteiger charge is 2.37. The molecule has 0 saturated heterocycles. The SMILES string of the molecule is NCCCCNC(=O)C1(CN)CCCCC1. The summed E-state index contributed by atoms with van der Waals surface area (Å²) in [7, 11) is 0. The molecule has 5 N–H and O–H groups in total. The van der Waals surface area contributed by atoms with E-state index in [2.05, 4.69) is 5.32 Å². The lowest BCUT2D eigenvalue weighted by Crippen LogP contribution is -2.47. The van der Waals surface area contributed by atoms with Crippen LogP contribution in [0.2, 0.25) is 0 Å². The fourth-order valence-corrected chi connectivity index (χ4v) is 2.41. The van der Waals surface area contributed by atoms with Gasteiger partial charge in [0.2, 0.25) is 5.91 Å². The first-order valence-corrected chi connectivity index (χ1v) is 6.43. The van der Waals surface area contributed by atoms with Crippen LogP contribution in [0.4, 0.5) is 0 Å². The maximum Gasteiger partial charge on any atom is 0.227 e. The second-order valence-electron chi connectivity index (χ2n) is 4.80. The molecule has 4 heteroatoms. The van der Waals surface area contributed by atoms with Crippen LogP contribution in [0, 0.1) is 5.41 Å². The number of nitrogens with two attached hydrogens (primary N) is 2. The quantitative estimate of drug-likeness (QED) is 0.586. The van der Waals surface area contributed by atoms with E-state index in [1.54, 1.807) is 0 Å². The van der Waals surface area contributed by atoms with Crippen LogP contribution in [0.15, 0.2) is 0 Å². The van der Waals surface area contributed by atoms with Gasteiger partial charge in [-0.25, -0.2) is 0 Å². The summed E-state index contributed by atoms with van der Waals surface area (Å²) in [6.45, 7) is 1.91. The Bertz CT molecular complexity index is 212. The van der Waals surface area contributed by atoms with Crippen molar-refractivity contribution in [2.45, 2.75) is 44.9 Å². The van der Waals surface area contributed by atoms with Gasteiger partial charge in [0.1, 0.15) is 0 Å². The van der Waals surface area contributed by atoms with Crippen molar-refractivity contribution in [3.8, 4) is 0 Å². The van der Waals surface area contributed by atoms with E-state index in [0.717, 1.165) is 45.1 Å². The Morgan fingerprint density at radius 3 is 2.38 bits per heavy atom. The van der Waals surface area contributed by atoms with Gasteiger partial charge in [-0.15, -0.1) is 0 Å². The Kier molecular flexibility index (Phi) is 5.77. The molecule has 0 aliphatic heterocycles. The van der Waals surface area contributed by atoms with Crippen LogP contribution in [0.1, 0.15) is 44.9 Å². The van der Waals surface area contributed by atoms with E-state index in [1.807, 2.05) is 0 Å². The van der Waals surface area contributed by atoms with Gasteiger partial charge in [0.05, 0.1) is 5.41 Å². The van der Waals surface area contributed by atoms with E-state index in [9.17, 15) is 4.79 Å². The van der Waals surface area contributed by atoms with Crippen molar-refractivity contribution in [1.82, 2.24) is 5.32 Å². The number of hydrogen-bond acceptors (Lipinski definition) is 3. The molecule has 0 radical (unpaired) electrons. The molecule has 1 amide bonds. The van der Waals surface area contributed by atoms with E-state index >= 15 is 0 Å². The third-order valence-electron chi connectivity index (χ3n) is 3.60. The summed E-state index contributed by atoms with van der Waals surface area (Å²) >= 11 is 0. The summed E-state index contributed by atoms with van der Waals surface area (Å²) in [5.41, 5.74) is 10.9. The summed E-state index contributed by atoms with van der Waals surface area (Å²) in [5, 5.41) is 3.00. The number of amides is 1. The number of carbonyl (C=O) groups is 1. The zero-order valence-electron chi connectivity index (χ0n) is 10.1. The number of rotatable bonds is 6. The zero-order chi connectivity index (χ0) is 11.9. The lowest BCUT2D eigenvalue weighted by atomic mass is 9.73. The minimum Gasteiger partial charge on any atom is -0.356 e. The summed E-state index contributed by atoms with van der Waals surface area (Å²) in [6.07, 6.45) is 7.33. The van der Waals surface area contributed by atoms with Gasteiger partial charge in [-0.3, -0.25) is 4.79 Å². The van der Waals surface area contributed by atoms with Gasteiger partial charge >= 0.3 is 0 Å². The Hall–Kier alpha value is -0.610. The van der Waals surface area contributed by atoms with Crippen molar-refractivity contribution in [1.29, 1.82) is 0 Å². The summed E-state index contributed by atoms with van der Waals surface area (Å²) in [4.78, 5) is 12.1. The van der Waals surface area contributed by atoms with E-state index < -0.39 is 0 Å². The Morgan fingerprint density at radius 1 is 1.12 bits per heavy atom.